The molecule has 4 nitrogen and oxygen atoms in total. The average molecular weight is 293 g/mol. The Balaban J connectivity index is 2.72. The van der Waals surface area contributed by atoms with Crippen molar-refractivity contribution in [2.45, 2.75) is 25.5 Å². The van der Waals surface area contributed by atoms with Gasteiger partial charge in [-0.15, -0.1) is 6.58 Å². The van der Waals surface area contributed by atoms with Crippen molar-refractivity contribution < 1.29 is 14.6 Å². The molecule has 0 amide bonds. The van der Waals surface area contributed by atoms with Gasteiger partial charge >= 0.3 is 0 Å². The molecule has 21 heavy (non-hydrogen) atoms. The summed E-state index contributed by atoms with van der Waals surface area (Å²) in [5, 5.41) is 10.2. The number of aliphatic hydroxyl groups is 1. The van der Waals surface area contributed by atoms with Crippen LogP contribution in [0.2, 0.25) is 0 Å². The molecule has 1 aromatic carbocycles. The predicted molar refractivity (Wildman–Crippen MR) is 85.6 cm³/mol. The van der Waals surface area contributed by atoms with Crippen LogP contribution in [0, 0.1) is 0 Å². The zero-order chi connectivity index (χ0) is 15.7. The molecule has 0 radical (unpaired) electrons. The van der Waals surface area contributed by atoms with Crippen LogP contribution in [-0.2, 0) is 11.3 Å². The molecular formula is C17H27NO3. The maximum absolute atomic E-state index is 10.2. The fourth-order valence-electron chi connectivity index (χ4n) is 2.19. The smallest absolute Gasteiger partial charge is 0.119 e. The van der Waals surface area contributed by atoms with Gasteiger partial charge in [0.1, 0.15) is 5.75 Å². The molecule has 1 atom stereocenters. The lowest BCUT2D eigenvalue weighted by Gasteiger charge is -2.29. The van der Waals surface area contributed by atoms with Crippen LogP contribution in [-0.4, -0.2) is 49.5 Å². The SMILES string of the molecule is C=C[C@](C)(O)CN(CCCOC)Cc1cccc(OC)c1. The first-order chi connectivity index (χ1) is 10.0. The molecule has 1 aromatic rings. The lowest BCUT2D eigenvalue weighted by Crippen LogP contribution is -2.39. The molecule has 1 N–H and O–H groups in total. The third kappa shape index (κ3) is 6.76. The highest BCUT2D eigenvalue weighted by molar-refractivity contribution is 5.28. The quantitative estimate of drug-likeness (QED) is 0.531. The van der Waals surface area contributed by atoms with E-state index in [0.29, 0.717) is 13.2 Å². The van der Waals surface area contributed by atoms with Crippen molar-refractivity contribution in [3.05, 3.63) is 42.5 Å². The van der Waals surface area contributed by atoms with Gasteiger partial charge in [-0.3, -0.25) is 4.90 Å². The van der Waals surface area contributed by atoms with E-state index in [2.05, 4.69) is 17.5 Å². The molecule has 4 heteroatoms. The normalized spacial score (nSPS) is 14.0. The van der Waals surface area contributed by atoms with Crippen molar-refractivity contribution in [3.8, 4) is 5.75 Å². The molecule has 0 aliphatic rings. The van der Waals surface area contributed by atoms with Crippen molar-refractivity contribution in [2.75, 3.05) is 33.9 Å². The highest BCUT2D eigenvalue weighted by atomic mass is 16.5. The first kappa shape index (κ1) is 17.7. The van der Waals surface area contributed by atoms with E-state index >= 15 is 0 Å². The van der Waals surface area contributed by atoms with Crippen molar-refractivity contribution >= 4 is 0 Å². The molecule has 0 bridgehead atoms. The Labute approximate surface area is 128 Å². The van der Waals surface area contributed by atoms with E-state index in [1.165, 1.54) is 0 Å². The number of hydrogen-bond acceptors (Lipinski definition) is 4. The van der Waals surface area contributed by atoms with Crippen molar-refractivity contribution in [3.63, 3.8) is 0 Å². The summed E-state index contributed by atoms with van der Waals surface area (Å²) >= 11 is 0. The van der Waals surface area contributed by atoms with E-state index in [-0.39, 0.29) is 0 Å². The molecule has 0 aromatic heterocycles. The van der Waals surface area contributed by atoms with Gasteiger partial charge in [-0.05, 0) is 31.0 Å². The third-order valence-corrected chi connectivity index (χ3v) is 3.35. The topological polar surface area (TPSA) is 41.9 Å². The zero-order valence-corrected chi connectivity index (χ0v) is 13.3. The molecule has 0 fully saturated rings. The first-order valence-corrected chi connectivity index (χ1v) is 7.21. The Morgan fingerprint density at radius 2 is 2.14 bits per heavy atom. The number of ether oxygens (including phenoxy) is 2. The lowest BCUT2D eigenvalue weighted by atomic mass is 10.1. The number of nitrogens with zero attached hydrogens (tertiary/aromatic N) is 1. The van der Waals surface area contributed by atoms with Crippen LogP contribution in [0.25, 0.3) is 0 Å². The number of benzene rings is 1. The Kier molecular flexibility index (Phi) is 7.43. The van der Waals surface area contributed by atoms with E-state index in [1.54, 1.807) is 27.2 Å². The van der Waals surface area contributed by atoms with Crippen LogP contribution in [0.4, 0.5) is 0 Å². The summed E-state index contributed by atoms with van der Waals surface area (Å²) < 4.78 is 10.4. The second-order valence-corrected chi connectivity index (χ2v) is 5.47. The van der Waals surface area contributed by atoms with Crippen LogP contribution in [0.1, 0.15) is 18.9 Å². The zero-order valence-electron chi connectivity index (χ0n) is 13.3. The highest BCUT2D eigenvalue weighted by Crippen LogP contribution is 2.16. The summed E-state index contributed by atoms with van der Waals surface area (Å²) in [6, 6.07) is 7.99. The van der Waals surface area contributed by atoms with Crippen LogP contribution in [0.5, 0.6) is 5.75 Å². The summed E-state index contributed by atoms with van der Waals surface area (Å²) in [6.07, 6.45) is 2.51. The van der Waals surface area contributed by atoms with E-state index in [0.717, 1.165) is 30.8 Å². The maximum Gasteiger partial charge on any atom is 0.119 e. The second-order valence-electron chi connectivity index (χ2n) is 5.47. The highest BCUT2D eigenvalue weighted by Gasteiger charge is 2.20. The molecular weight excluding hydrogens is 266 g/mol. The standard InChI is InChI=1S/C17H27NO3/c1-5-17(2,19)14-18(10-7-11-20-3)13-15-8-6-9-16(12-15)21-4/h5-6,8-9,12,19H,1,7,10-11,13-14H2,2-4H3/t17-/m0/s1. The van der Waals surface area contributed by atoms with Crippen LogP contribution >= 0.6 is 0 Å². The number of methoxy groups -OCH3 is 2. The minimum Gasteiger partial charge on any atom is -0.497 e. The van der Waals surface area contributed by atoms with Gasteiger partial charge in [-0.2, -0.15) is 0 Å². The monoisotopic (exact) mass is 293 g/mol. The molecule has 0 aliphatic carbocycles. The van der Waals surface area contributed by atoms with Gasteiger partial charge < -0.3 is 14.6 Å². The molecule has 0 spiro atoms. The van der Waals surface area contributed by atoms with Crippen molar-refractivity contribution in [1.29, 1.82) is 0 Å². The van der Waals surface area contributed by atoms with Crippen LogP contribution in [0.3, 0.4) is 0 Å². The van der Waals surface area contributed by atoms with Gasteiger partial charge in [-0.25, -0.2) is 0 Å². The predicted octanol–water partition coefficient (Wildman–Crippen LogP) is 2.47. The molecule has 1 rings (SSSR count). The van der Waals surface area contributed by atoms with E-state index in [9.17, 15) is 5.11 Å². The van der Waals surface area contributed by atoms with Gasteiger partial charge in [0.2, 0.25) is 0 Å². The van der Waals surface area contributed by atoms with Gasteiger partial charge in [0.15, 0.2) is 0 Å². The van der Waals surface area contributed by atoms with Crippen molar-refractivity contribution in [2.24, 2.45) is 0 Å². The van der Waals surface area contributed by atoms with E-state index in [4.69, 9.17) is 9.47 Å². The number of rotatable bonds is 10. The Morgan fingerprint density at radius 3 is 2.76 bits per heavy atom. The van der Waals surface area contributed by atoms with Crippen LogP contribution in [0.15, 0.2) is 36.9 Å². The Morgan fingerprint density at radius 1 is 1.38 bits per heavy atom. The van der Waals surface area contributed by atoms with Gasteiger partial charge in [0, 0.05) is 33.4 Å². The third-order valence-electron chi connectivity index (χ3n) is 3.35. The Bertz CT molecular complexity index is 432. The molecule has 0 aliphatic heterocycles. The van der Waals surface area contributed by atoms with Crippen LogP contribution < -0.4 is 4.74 Å². The summed E-state index contributed by atoms with van der Waals surface area (Å²) in [7, 11) is 3.37. The Hall–Kier alpha value is -1.36. The largest absolute Gasteiger partial charge is 0.497 e. The van der Waals surface area contributed by atoms with Gasteiger partial charge in [0.25, 0.3) is 0 Å². The first-order valence-electron chi connectivity index (χ1n) is 7.21. The lowest BCUT2D eigenvalue weighted by molar-refractivity contribution is 0.0545. The minimum absolute atomic E-state index is 0.539. The summed E-state index contributed by atoms with van der Waals surface area (Å²) in [5.41, 5.74) is 0.262. The van der Waals surface area contributed by atoms with E-state index < -0.39 is 5.60 Å². The molecule has 118 valence electrons. The molecule has 0 saturated carbocycles. The fraction of sp³-hybridized carbons (Fsp3) is 0.529. The van der Waals surface area contributed by atoms with Gasteiger partial charge in [-0.1, -0.05) is 18.2 Å². The summed E-state index contributed by atoms with van der Waals surface area (Å²) in [6.45, 7) is 8.33. The summed E-state index contributed by atoms with van der Waals surface area (Å²) in [5.74, 6) is 0.847. The number of hydrogen-bond donors (Lipinski definition) is 1. The fourth-order valence-corrected chi connectivity index (χ4v) is 2.19. The minimum atomic E-state index is -0.897. The molecule has 0 saturated heterocycles. The van der Waals surface area contributed by atoms with Gasteiger partial charge in [0.05, 0.1) is 12.7 Å². The summed E-state index contributed by atoms with van der Waals surface area (Å²) in [4.78, 5) is 2.20. The molecule has 0 heterocycles. The molecule has 0 unspecified atom stereocenters. The maximum atomic E-state index is 10.2. The average Bonchev–Trinajstić information content (AvgIpc) is 2.47. The second kappa shape index (κ2) is 8.82. The van der Waals surface area contributed by atoms with E-state index in [1.807, 2.05) is 18.2 Å². The van der Waals surface area contributed by atoms with Crippen molar-refractivity contribution in [1.82, 2.24) is 4.90 Å².